The zero-order valence-electron chi connectivity index (χ0n) is 14.3. The first-order valence-corrected chi connectivity index (χ1v) is 8.81. The Balaban J connectivity index is 1.54. The van der Waals surface area contributed by atoms with Gasteiger partial charge in [0.15, 0.2) is 17.5 Å². The zero-order valence-corrected chi connectivity index (χ0v) is 14.3. The van der Waals surface area contributed by atoms with Crippen LogP contribution in [0.5, 0.6) is 0 Å². The van der Waals surface area contributed by atoms with Crippen LogP contribution in [0.4, 0.5) is 13.2 Å². The van der Waals surface area contributed by atoms with Crippen molar-refractivity contribution in [3.05, 3.63) is 82.7 Å². The van der Waals surface area contributed by atoms with Crippen LogP contribution in [0.3, 0.4) is 0 Å². The highest BCUT2D eigenvalue weighted by Gasteiger charge is 2.34. The van der Waals surface area contributed by atoms with Gasteiger partial charge in [-0.25, -0.2) is 13.2 Å². The quantitative estimate of drug-likeness (QED) is 0.598. The number of rotatable bonds is 4. The third-order valence-corrected chi connectivity index (χ3v) is 5.16. The predicted octanol–water partition coefficient (Wildman–Crippen LogP) is 4.25. The molecule has 1 fully saturated rings. The molecule has 0 N–H and O–H groups in total. The third-order valence-electron chi connectivity index (χ3n) is 5.16. The van der Waals surface area contributed by atoms with Crippen LogP contribution in [-0.4, -0.2) is 30.2 Å². The number of halogens is 3. The van der Waals surface area contributed by atoms with Crippen LogP contribution in [0.15, 0.2) is 54.1 Å². The second-order valence-electron chi connectivity index (χ2n) is 6.96. The molecule has 4 rings (SSSR count). The van der Waals surface area contributed by atoms with Gasteiger partial charge in [-0.3, -0.25) is 4.90 Å². The van der Waals surface area contributed by atoms with Crippen molar-refractivity contribution in [2.75, 3.05) is 13.2 Å². The summed E-state index contributed by atoms with van der Waals surface area (Å²) < 4.78 is 46.3. The summed E-state index contributed by atoms with van der Waals surface area (Å²) in [6.07, 6.45) is 3.14. The van der Waals surface area contributed by atoms with Crippen LogP contribution in [-0.2, 0) is 17.7 Å². The van der Waals surface area contributed by atoms with Gasteiger partial charge in [0.1, 0.15) is 0 Å². The first-order chi connectivity index (χ1) is 12.6. The van der Waals surface area contributed by atoms with E-state index in [2.05, 4.69) is 23.1 Å². The molecule has 0 saturated carbocycles. The van der Waals surface area contributed by atoms with E-state index in [1.165, 1.54) is 11.6 Å². The lowest BCUT2D eigenvalue weighted by Gasteiger charge is -2.45. The Kier molecular flexibility index (Phi) is 4.83. The van der Waals surface area contributed by atoms with Gasteiger partial charge in [-0.1, -0.05) is 48.0 Å². The maximum Gasteiger partial charge on any atom is 0.194 e. The van der Waals surface area contributed by atoms with Gasteiger partial charge in [0.2, 0.25) is 0 Å². The minimum absolute atomic E-state index is 0.117. The molecule has 2 aromatic carbocycles. The Morgan fingerprint density at radius 2 is 1.77 bits per heavy atom. The molecule has 2 bridgehead atoms. The molecule has 5 heteroatoms. The first-order valence-electron chi connectivity index (χ1n) is 8.81. The second-order valence-corrected chi connectivity index (χ2v) is 6.96. The predicted molar refractivity (Wildman–Crippen MR) is 93.1 cm³/mol. The van der Waals surface area contributed by atoms with Crippen molar-refractivity contribution in [3.63, 3.8) is 0 Å². The average Bonchev–Trinajstić information content (AvgIpc) is 2.64. The number of nitrogens with zero attached hydrogens (tertiary/aromatic N) is 1. The van der Waals surface area contributed by atoms with E-state index in [4.69, 9.17) is 4.74 Å². The molecule has 26 heavy (non-hydrogen) atoms. The fourth-order valence-corrected chi connectivity index (χ4v) is 3.87. The summed E-state index contributed by atoms with van der Waals surface area (Å²) in [7, 11) is 0. The molecule has 2 unspecified atom stereocenters. The van der Waals surface area contributed by atoms with E-state index in [0.717, 1.165) is 24.6 Å². The monoisotopic (exact) mass is 359 g/mol. The normalized spacial score (nSPS) is 23.0. The van der Waals surface area contributed by atoms with Crippen LogP contribution in [0.25, 0.3) is 0 Å². The van der Waals surface area contributed by atoms with Gasteiger partial charge in [-0.2, -0.15) is 0 Å². The number of benzene rings is 2. The molecule has 0 radical (unpaired) electrons. The molecule has 0 aromatic heterocycles. The minimum atomic E-state index is -1.40. The summed E-state index contributed by atoms with van der Waals surface area (Å²) in [5, 5.41) is 0. The number of hydrogen-bond acceptors (Lipinski definition) is 2. The van der Waals surface area contributed by atoms with Gasteiger partial charge in [-0.15, -0.1) is 0 Å². The standard InChI is InChI=1S/C21H20F3NO/c22-19-7-6-16(20(23)21(19)24)8-15-9-17-12-26-13-18(10-15)25(17)11-14-4-2-1-3-5-14/h1-7,9,17-18H,8,10-13H2. The maximum absolute atomic E-state index is 14.0. The fourth-order valence-electron chi connectivity index (χ4n) is 3.87. The van der Waals surface area contributed by atoms with Crippen molar-refractivity contribution in [1.82, 2.24) is 4.90 Å². The molecule has 0 amide bonds. The summed E-state index contributed by atoms with van der Waals surface area (Å²) in [6.45, 7) is 2.05. The molecule has 136 valence electrons. The van der Waals surface area contributed by atoms with Gasteiger partial charge < -0.3 is 4.74 Å². The van der Waals surface area contributed by atoms with E-state index in [9.17, 15) is 13.2 Å². The highest BCUT2D eigenvalue weighted by atomic mass is 19.2. The number of morpholine rings is 1. The molecular formula is C21H20F3NO. The van der Waals surface area contributed by atoms with E-state index in [1.807, 2.05) is 18.2 Å². The Labute approximate surface area is 150 Å². The van der Waals surface area contributed by atoms with Crippen molar-refractivity contribution in [1.29, 1.82) is 0 Å². The van der Waals surface area contributed by atoms with Gasteiger partial charge in [-0.05, 0) is 30.0 Å². The summed E-state index contributed by atoms with van der Waals surface area (Å²) in [5.74, 6) is -3.63. The van der Waals surface area contributed by atoms with Crippen LogP contribution in [0.2, 0.25) is 0 Å². The molecule has 0 spiro atoms. The number of fused-ring (bicyclic) bond motifs is 2. The lowest BCUT2D eigenvalue weighted by molar-refractivity contribution is -0.0440. The van der Waals surface area contributed by atoms with Crippen molar-refractivity contribution >= 4 is 0 Å². The Morgan fingerprint density at radius 1 is 0.962 bits per heavy atom. The lowest BCUT2D eigenvalue weighted by atomic mass is 9.89. The Bertz CT molecular complexity index is 822. The number of hydrogen-bond donors (Lipinski definition) is 0. The van der Waals surface area contributed by atoms with Gasteiger partial charge in [0.05, 0.1) is 19.3 Å². The van der Waals surface area contributed by atoms with Crippen molar-refractivity contribution in [3.8, 4) is 0 Å². The molecule has 2 aliphatic rings. The van der Waals surface area contributed by atoms with Crippen LogP contribution < -0.4 is 0 Å². The van der Waals surface area contributed by atoms with E-state index >= 15 is 0 Å². The molecule has 0 aliphatic carbocycles. The van der Waals surface area contributed by atoms with Crippen molar-refractivity contribution in [2.24, 2.45) is 0 Å². The Hall–Kier alpha value is -2.11. The zero-order chi connectivity index (χ0) is 18.1. The largest absolute Gasteiger partial charge is 0.378 e. The van der Waals surface area contributed by atoms with Crippen molar-refractivity contribution in [2.45, 2.75) is 31.5 Å². The third kappa shape index (κ3) is 3.41. The van der Waals surface area contributed by atoms with E-state index in [0.29, 0.717) is 19.6 Å². The van der Waals surface area contributed by atoms with Crippen molar-refractivity contribution < 1.29 is 17.9 Å². The Morgan fingerprint density at radius 3 is 2.54 bits per heavy atom. The topological polar surface area (TPSA) is 12.5 Å². The van der Waals surface area contributed by atoms with Crippen LogP contribution in [0.1, 0.15) is 17.5 Å². The molecular weight excluding hydrogens is 339 g/mol. The highest BCUT2D eigenvalue weighted by Crippen LogP contribution is 2.31. The fraction of sp³-hybridized carbons (Fsp3) is 0.333. The highest BCUT2D eigenvalue weighted by molar-refractivity contribution is 5.28. The van der Waals surface area contributed by atoms with Gasteiger partial charge >= 0.3 is 0 Å². The lowest BCUT2D eigenvalue weighted by Crippen LogP contribution is -2.53. The summed E-state index contributed by atoms with van der Waals surface area (Å²) in [5.41, 5.74) is 2.50. The first kappa shape index (κ1) is 17.3. The molecule has 2 heterocycles. The second kappa shape index (κ2) is 7.25. The van der Waals surface area contributed by atoms with Crippen LogP contribution in [0, 0.1) is 17.5 Å². The van der Waals surface area contributed by atoms with Crippen LogP contribution >= 0.6 is 0 Å². The van der Waals surface area contributed by atoms with Gasteiger partial charge in [0.25, 0.3) is 0 Å². The molecule has 1 saturated heterocycles. The van der Waals surface area contributed by atoms with E-state index in [-0.39, 0.29) is 17.6 Å². The summed E-state index contributed by atoms with van der Waals surface area (Å²) in [6, 6.07) is 12.9. The maximum atomic E-state index is 14.0. The summed E-state index contributed by atoms with van der Waals surface area (Å²) in [4.78, 5) is 2.41. The molecule has 2 nitrogen and oxygen atoms in total. The molecule has 2 atom stereocenters. The number of ether oxygens (including phenoxy) is 1. The molecule has 2 aromatic rings. The molecule has 2 aliphatic heterocycles. The SMILES string of the molecule is Fc1ccc(CC2=CC3COCC(C2)N3Cc2ccccc2)c(F)c1F. The van der Waals surface area contributed by atoms with E-state index < -0.39 is 17.5 Å². The smallest absolute Gasteiger partial charge is 0.194 e. The minimum Gasteiger partial charge on any atom is -0.378 e. The van der Waals surface area contributed by atoms with Gasteiger partial charge in [0, 0.05) is 12.6 Å². The van der Waals surface area contributed by atoms with E-state index in [1.54, 1.807) is 0 Å². The summed E-state index contributed by atoms with van der Waals surface area (Å²) >= 11 is 0. The average molecular weight is 359 g/mol.